The SMILES string of the molecule is CCOC(=O)C1=C(C)N=c2s/c(=C/c3ccc(-c4ccccc4C#N)o3)c(=O)n2[C@@H]1c1ccc(C)c([N+](=O)[O-])c1. The largest absolute Gasteiger partial charge is 0.463 e. The quantitative estimate of drug-likeness (QED) is 0.198. The van der Waals surface area contributed by atoms with Crippen LogP contribution in [-0.4, -0.2) is 22.1 Å². The lowest BCUT2D eigenvalue weighted by Crippen LogP contribution is -2.40. The fourth-order valence-corrected chi connectivity index (χ4v) is 5.63. The summed E-state index contributed by atoms with van der Waals surface area (Å²) < 4.78 is 12.9. The van der Waals surface area contributed by atoms with Gasteiger partial charge in [-0.15, -0.1) is 0 Å². The van der Waals surface area contributed by atoms with Gasteiger partial charge in [0.15, 0.2) is 4.80 Å². The number of ether oxygens (including phenoxy) is 1. The van der Waals surface area contributed by atoms with Crippen LogP contribution >= 0.6 is 11.3 Å². The number of nitrogens with zero attached hydrogens (tertiary/aromatic N) is 4. The van der Waals surface area contributed by atoms with Crippen LogP contribution in [0.4, 0.5) is 5.69 Å². The molecule has 0 N–H and O–H groups in total. The van der Waals surface area contributed by atoms with Crippen molar-refractivity contribution in [3.05, 3.63) is 118 Å². The number of nitro benzene ring substituents is 1. The van der Waals surface area contributed by atoms with Gasteiger partial charge in [-0.3, -0.25) is 19.5 Å². The molecule has 1 aliphatic rings. The van der Waals surface area contributed by atoms with Crippen LogP contribution in [0.25, 0.3) is 17.4 Å². The van der Waals surface area contributed by atoms with Crippen LogP contribution in [0.15, 0.2) is 80.1 Å². The topological polar surface area (TPSA) is 141 Å². The highest BCUT2D eigenvalue weighted by molar-refractivity contribution is 7.07. The number of nitriles is 1. The Morgan fingerprint density at radius 3 is 2.75 bits per heavy atom. The Morgan fingerprint density at radius 1 is 1.25 bits per heavy atom. The molecule has 4 aromatic rings. The molecule has 1 atom stereocenters. The molecule has 0 spiro atoms. The molecular weight excluding hydrogens is 532 g/mol. The number of rotatable bonds is 6. The molecule has 2 aromatic heterocycles. The molecule has 2 aromatic carbocycles. The minimum atomic E-state index is -0.980. The van der Waals surface area contributed by atoms with Gasteiger partial charge < -0.3 is 9.15 Å². The van der Waals surface area contributed by atoms with Gasteiger partial charge in [-0.05, 0) is 50.6 Å². The van der Waals surface area contributed by atoms with E-state index < -0.39 is 22.5 Å². The summed E-state index contributed by atoms with van der Waals surface area (Å²) in [6.07, 6.45) is 1.57. The van der Waals surface area contributed by atoms with E-state index in [1.54, 1.807) is 75.4 Å². The first-order chi connectivity index (χ1) is 19.2. The van der Waals surface area contributed by atoms with Crippen molar-refractivity contribution in [3.63, 3.8) is 0 Å². The van der Waals surface area contributed by atoms with Crippen molar-refractivity contribution >= 4 is 29.1 Å². The number of hydrogen-bond donors (Lipinski definition) is 0. The second-order valence-electron chi connectivity index (χ2n) is 8.96. The van der Waals surface area contributed by atoms with Crippen molar-refractivity contribution in [2.45, 2.75) is 26.8 Å². The second-order valence-corrected chi connectivity index (χ2v) is 9.97. The number of fused-ring (bicyclic) bond motifs is 1. The average molecular weight is 555 g/mol. The summed E-state index contributed by atoms with van der Waals surface area (Å²) >= 11 is 1.11. The van der Waals surface area contributed by atoms with E-state index in [1.807, 2.05) is 0 Å². The number of furan rings is 1. The van der Waals surface area contributed by atoms with Gasteiger partial charge >= 0.3 is 5.97 Å². The highest BCUT2D eigenvalue weighted by Crippen LogP contribution is 2.33. The fraction of sp³-hybridized carbons (Fsp3) is 0.172. The molecule has 3 heterocycles. The molecule has 0 saturated heterocycles. The number of thiazole rings is 1. The van der Waals surface area contributed by atoms with Gasteiger partial charge in [0.1, 0.15) is 11.5 Å². The van der Waals surface area contributed by atoms with E-state index in [2.05, 4.69) is 11.1 Å². The normalized spacial score (nSPS) is 14.8. The van der Waals surface area contributed by atoms with E-state index in [0.717, 1.165) is 11.3 Å². The third-order valence-electron chi connectivity index (χ3n) is 6.48. The van der Waals surface area contributed by atoms with Crippen molar-refractivity contribution in [3.8, 4) is 17.4 Å². The number of esters is 1. The van der Waals surface area contributed by atoms with Gasteiger partial charge in [-0.1, -0.05) is 35.6 Å². The maximum absolute atomic E-state index is 13.8. The molecule has 11 heteroatoms. The Bertz CT molecular complexity index is 1940. The Morgan fingerprint density at radius 2 is 2.02 bits per heavy atom. The lowest BCUT2D eigenvalue weighted by atomic mass is 9.94. The summed E-state index contributed by atoms with van der Waals surface area (Å²) in [6.45, 7) is 5.04. The number of nitro groups is 1. The smallest absolute Gasteiger partial charge is 0.338 e. The first-order valence-corrected chi connectivity index (χ1v) is 13.1. The number of carbonyl (C=O) groups is 1. The van der Waals surface area contributed by atoms with E-state index in [1.165, 1.54) is 10.6 Å². The molecule has 200 valence electrons. The minimum Gasteiger partial charge on any atom is -0.463 e. The fourth-order valence-electron chi connectivity index (χ4n) is 4.60. The van der Waals surface area contributed by atoms with Crippen LogP contribution < -0.4 is 14.9 Å². The summed E-state index contributed by atoms with van der Waals surface area (Å²) in [7, 11) is 0. The summed E-state index contributed by atoms with van der Waals surface area (Å²) in [5.41, 5.74) is 1.83. The van der Waals surface area contributed by atoms with Crippen molar-refractivity contribution in [1.29, 1.82) is 5.26 Å². The van der Waals surface area contributed by atoms with Crippen molar-refractivity contribution < 1.29 is 18.9 Å². The Labute approximate surface area is 231 Å². The Balaban J connectivity index is 1.68. The zero-order valence-electron chi connectivity index (χ0n) is 21.7. The lowest BCUT2D eigenvalue weighted by Gasteiger charge is -2.24. The van der Waals surface area contributed by atoms with Crippen molar-refractivity contribution in [2.75, 3.05) is 6.61 Å². The van der Waals surface area contributed by atoms with E-state index in [9.17, 15) is 25.0 Å². The third kappa shape index (κ3) is 4.65. The third-order valence-corrected chi connectivity index (χ3v) is 7.46. The zero-order valence-corrected chi connectivity index (χ0v) is 22.5. The Kier molecular flexibility index (Phi) is 7.02. The van der Waals surface area contributed by atoms with Crippen LogP contribution in [0, 0.1) is 28.4 Å². The number of benzene rings is 2. The van der Waals surface area contributed by atoms with Gasteiger partial charge in [0.05, 0.1) is 45.0 Å². The van der Waals surface area contributed by atoms with Crippen LogP contribution in [0.1, 0.15) is 42.3 Å². The summed E-state index contributed by atoms with van der Waals surface area (Å²) in [5.74, 6) is 0.205. The molecule has 0 bridgehead atoms. The monoisotopic (exact) mass is 554 g/mol. The van der Waals surface area contributed by atoms with E-state index >= 15 is 0 Å². The summed E-state index contributed by atoms with van der Waals surface area (Å²) in [4.78, 5) is 42.9. The van der Waals surface area contributed by atoms with Crippen LogP contribution in [0.2, 0.25) is 0 Å². The average Bonchev–Trinajstić information content (AvgIpc) is 3.52. The van der Waals surface area contributed by atoms with Gasteiger partial charge in [-0.25, -0.2) is 9.79 Å². The first kappa shape index (κ1) is 26.5. The highest BCUT2D eigenvalue weighted by atomic mass is 32.1. The molecule has 1 aliphatic heterocycles. The van der Waals surface area contributed by atoms with Gasteiger partial charge in [0, 0.05) is 23.3 Å². The van der Waals surface area contributed by atoms with Gasteiger partial charge in [0.25, 0.3) is 11.2 Å². The first-order valence-electron chi connectivity index (χ1n) is 12.3. The minimum absolute atomic E-state index is 0.108. The zero-order chi connectivity index (χ0) is 28.6. The molecule has 0 amide bonds. The predicted octanol–water partition coefficient (Wildman–Crippen LogP) is 4.15. The number of allylic oxidation sites excluding steroid dienone is 1. The molecule has 0 aliphatic carbocycles. The van der Waals surface area contributed by atoms with Crippen molar-refractivity contribution in [2.24, 2.45) is 4.99 Å². The Hall–Kier alpha value is -5.08. The van der Waals surface area contributed by atoms with Crippen LogP contribution in [-0.2, 0) is 9.53 Å². The van der Waals surface area contributed by atoms with Gasteiger partial charge in [-0.2, -0.15) is 5.26 Å². The molecule has 40 heavy (non-hydrogen) atoms. The van der Waals surface area contributed by atoms with Gasteiger partial charge in [0.2, 0.25) is 0 Å². The number of carbonyl (C=O) groups excluding carboxylic acids is 1. The van der Waals surface area contributed by atoms with Crippen LogP contribution in [0.5, 0.6) is 0 Å². The van der Waals surface area contributed by atoms with Crippen LogP contribution in [0.3, 0.4) is 0 Å². The molecule has 0 radical (unpaired) electrons. The molecule has 0 unspecified atom stereocenters. The maximum Gasteiger partial charge on any atom is 0.338 e. The van der Waals surface area contributed by atoms with Crippen molar-refractivity contribution in [1.82, 2.24) is 4.57 Å². The highest BCUT2D eigenvalue weighted by Gasteiger charge is 2.34. The molecule has 5 rings (SSSR count). The number of aryl methyl sites for hydroxylation is 1. The molecule has 10 nitrogen and oxygen atoms in total. The van der Waals surface area contributed by atoms with E-state index in [0.29, 0.717) is 44.3 Å². The van der Waals surface area contributed by atoms with E-state index in [-0.39, 0.29) is 22.4 Å². The molecular formula is C29H22N4O6S. The lowest BCUT2D eigenvalue weighted by molar-refractivity contribution is -0.385. The molecule has 0 fully saturated rings. The number of aromatic nitrogens is 1. The second kappa shape index (κ2) is 10.6. The summed E-state index contributed by atoms with van der Waals surface area (Å²) in [5, 5.41) is 21.1. The predicted molar refractivity (Wildman–Crippen MR) is 147 cm³/mol. The summed E-state index contributed by atoms with van der Waals surface area (Å²) in [6, 6.07) is 16.2. The van der Waals surface area contributed by atoms with E-state index in [4.69, 9.17) is 9.15 Å². The number of hydrogen-bond acceptors (Lipinski definition) is 9. The molecule has 0 saturated carbocycles. The standard InChI is InChI=1S/C29H22N4O6S/c1-4-38-28(35)25-17(3)31-29-32(26(25)18-10-9-16(2)22(13-18)33(36)37)27(34)24(40-29)14-20-11-12-23(39-20)21-8-6-5-7-19(21)15-30/h5-14,26H,4H2,1-3H3/b24-14+/t26-/m1/s1. The maximum atomic E-state index is 13.8.